The van der Waals surface area contributed by atoms with E-state index in [1.54, 1.807) is 13.0 Å². The number of rotatable bonds is 3. The lowest BCUT2D eigenvalue weighted by molar-refractivity contribution is 0.0264. The maximum absolute atomic E-state index is 11.8. The van der Waals surface area contributed by atoms with E-state index in [-0.39, 0.29) is 18.7 Å². The van der Waals surface area contributed by atoms with Gasteiger partial charge >= 0.3 is 0 Å². The predicted octanol–water partition coefficient (Wildman–Crippen LogP) is -0.435. The van der Waals surface area contributed by atoms with Gasteiger partial charge in [0.2, 0.25) is 0 Å². The zero-order valence-corrected chi connectivity index (χ0v) is 10.2. The Hall–Kier alpha value is -1.66. The van der Waals surface area contributed by atoms with Crippen LogP contribution in [0, 0.1) is 6.92 Å². The molecule has 0 aromatic carbocycles. The molecular weight excluding hydrogens is 236 g/mol. The standard InChI is InChI=1S/C12H16N2O4/c1-8-2-3-9(11(16)14-8)10(15)13-6-12(17)4-5-18-7-12/h2-3,17H,4-7H2,1H3,(H,13,15)(H,14,16). The van der Waals surface area contributed by atoms with E-state index in [1.165, 1.54) is 6.07 Å². The van der Waals surface area contributed by atoms with Gasteiger partial charge in [0.15, 0.2) is 0 Å². The maximum Gasteiger partial charge on any atom is 0.260 e. The summed E-state index contributed by atoms with van der Waals surface area (Å²) in [5.74, 6) is -0.489. The first-order valence-electron chi connectivity index (χ1n) is 5.78. The summed E-state index contributed by atoms with van der Waals surface area (Å²) in [5.41, 5.74) is -0.711. The molecule has 2 heterocycles. The number of ether oxygens (including phenoxy) is 1. The molecule has 1 atom stereocenters. The molecule has 0 spiro atoms. The molecule has 2 rings (SSSR count). The molecule has 6 heteroatoms. The third kappa shape index (κ3) is 2.77. The quantitative estimate of drug-likeness (QED) is 0.680. The molecule has 1 fully saturated rings. The van der Waals surface area contributed by atoms with E-state index in [4.69, 9.17) is 4.74 Å². The van der Waals surface area contributed by atoms with Gasteiger partial charge in [0, 0.05) is 25.3 Å². The number of aromatic nitrogens is 1. The van der Waals surface area contributed by atoms with Crippen LogP contribution < -0.4 is 10.9 Å². The fourth-order valence-electron chi connectivity index (χ4n) is 1.83. The lowest BCUT2D eigenvalue weighted by Crippen LogP contribution is -2.44. The average molecular weight is 252 g/mol. The van der Waals surface area contributed by atoms with Crippen molar-refractivity contribution in [3.05, 3.63) is 33.7 Å². The highest BCUT2D eigenvalue weighted by Crippen LogP contribution is 2.16. The van der Waals surface area contributed by atoms with E-state index in [0.29, 0.717) is 18.7 Å². The van der Waals surface area contributed by atoms with E-state index < -0.39 is 17.1 Å². The van der Waals surface area contributed by atoms with Crippen LogP contribution in [-0.4, -0.2) is 41.4 Å². The highest BCUT2D eigenvalue weighted by Gasteiger charge is 2.32. The minimum Gasteiger partial charge on any atom is -0.386 e. The van der Waals surface area contributed by atoms with E-state index in [2.05, 4.69) is 10.3 Å². The van der Waals surface area contributed by atoms with Crippen molar-refractivity contribution in [2.75, 3.05) is 19.8 Å². The van der Waals surface area contributed by atoms with Crippen molar-refractivity contribution in [1.29, 1.82) is 0 Å². The number of amides is 1. The number of aliphatic hydroxyl groups is 1. The molecule has 98 valence electrons. The van der Waals surface area contributed by atoms with Crippen molar-refractivity contribution < 1.29 is 14.6 Å². The number of H-pyrrole nitrogens is 1. The molecule has 0 aliphatic carbocycles. The van der Waals surface area contributed by atoms with Gasteiger partial charge in [-0.25, -0.2) is 0 Å². The van der Waals surface area contributed by atoms with Gasteiger partial charge in [-0.2, -0.15) is 0 Å². The van der Waals surface area contributed by atoms with Crippen molar-refractivity contribution in [2.24, 2.45) is 0 Å². The number of aromatic amines is 1. The number of nitrogens with one attached hydrogen (secondary N) is 2. The molecule has 0 saturated carbocycles. The van der Waals surface area contributed by atoms with Crippen LogP contribution >= 0.6 is 0 Å². The van der Waals surface area contributed by atoms with Crippen LogP contribution in [-0.2, 0) is 4.74 Å². The van der Waals surface area contributed by atoms with Crippen LogP contribution in [0.5, 0.6) is 0 Å². The van der Waals surface area contributed by atoms with Gasteiger partial charge in [-0.1, -0.05) is 0 Å². The largest absolute Gasteiger partial charge is 0.386 e. The number of hydrogen-bond acceptors (Lipinski definition) is 4. The molecule has 1 aromatic heterocycles. The first-order valence-corrected chi connectivity index (χ1v) is 5.78. The minimum absolute atomic E-state index is 0.0446. The third-order valence-corrected chi connectivity index (χ3v) is 2.96. The average Bonchev–Trinajstić information content (AvgIpc) is 2.74. The van der Waals surface area contributed by atoms with Gasteiger partial charge in [-0.15, -0.1) is 0 Å². The summed E-state index contributed by atoms with van der Waals surface area (Å²) in [6.07, 6.45) is 0.484. The summed E-state index contributed by atoms with van der Waals surface area (Å²) in [5, 5.41) is 12.5. The van der Waals surface area contributed by atoms with E-state index in [0.717, 1.165) is 0 Å². The Morgan fingerprint density at radius 1 is 1.61 bits per heavy atom. The molecule has 1 saturated heterocycles. The molecule has 1 unspecified atom stereocenters. The normalized spacial score (nSPS) is 23.0. The van der Waals surface area contributed by atoms with Crippen LogP contribution in [0.3, 0.4) is 0 Å². The molecule has 1 aliphatic rings. The molecule has 1 aliphatic heterocycles. The lowest BCUT2D eigenvalue weighted by atomic mass is 10.0. The summed E-state index contributed by atoms with van der Waals surface area (Å²) in [4.78, 5) is 25.9. The summed E-state index contributed by atoms with van der Waals surface area (Å²) >= 11 is 0. The number of aryl methyl sites for hydroxylation is 1. The predicted molar refractivity (Wildman–Crippen MR) is 64.5 cm³/mol. The molecule has 1 amide bonds. The Balaban J connectivity index is 2.01. The molecular formula is C12H16N2O4. The topological polar surface area (TPSA) is 91.4 Å². The molecule has 0 radical (unpaired) electrons. The summed E-state index contributed by atoms with van der Waals surface area (Å²) in [7, 11) is 0. The smallest absolute Gasteiger partial charge is 0.260 e. The van der Waals surface area contributed by atoms with E-state index in [9.17, 15) is 14.7 Å². The zero-order chi connectivity index (χ0) is 13.2. The van der Waals surface area contributed by atoms with Crippen LogP contribution in [0.25, 0.3) is 0 Å². The Bertz CT molecular complexity index is 503. The van der Waals surface area contributed by atoms with Gasteiger partial charge in [-0.3, -0.25) is 9.59 Å². The number of carbonyl (C=O) groups is 1. The Labute approximate surface area is 104 Å². The minimum atomic E-state index is -1.02. The third-order valence-electron chi connectivity index (χ3n) is 2.96. The first-order chi connectivity index (χ1) is 8.50. The fourth-order valence-corrected chi connectivity index (χ4v) is 1.83. The molecule has 6 nitrogen and oxygen atoms in total. The van der Waals surface area contributed by atoms with Crippen molar-refractivity contribution in [1.82, 2.24) is 10.3 Å². The van der Waals surface area contributed by atoms with Crippen LogP contribution in [0.15, 0.2) is 16.9 Å². The van der Waals surface area contributed by atoms with Crippen LogP contribution in [0.4, 0.5) is 0 Å². The summed E-state index contributed by atoms with van der Waals surface area (Å²) in [6, 6.07) is 3.13. The van der Waals surface area contributed by atoms with E-state index >= 15 is 0 Å². The summed E-state index contributed by atoms with van der Waals surface area (Å²) in [6.45, 7) is 2.51. The second-order valence-corrected chi connectivity index (χ2v) is 4.59. The second-order valence-electron chi connectivity index (χ2n) is 4.59. The SMILES string of the molecule is Cc1ccc(C(=O)NCC2(O)CCOC2)c(=O)[nH]1. The van der Waals surface area contributed by atoms with Crippen molar-refractivity contribution in [3.8, 4) is 0 Å². The van der Waals surface area contributed by atoms with Crippen LogP contribution in [0.1, 0.15) is 22.5 Å². The molecule has 0 bridgehead atoms. The second kappa shape index (κ2) is 4.91. The zero-order valence-electron chi connectivity index (χ0n) is 10.2. The van der Waals surface area contributed by atoms with Crippen molar-refractivity contribution >= 4 is 5.91 Å². The maximum atomic E-state index is 11.8. The molecule has 1 aromatic rings. The number of pyridine rings is 1. The van der Waals surface area contributed by atoms with Gasteiger partial charge < -0.3 is 20.1 Å². The van der Waals surface area contributed by atoms with Crippen LogP contribution in [0.2, 0.25) is 0 Å². The van der Waals surface area contributed by atoms with E-state index in [1.807, 2.05) is 0 Å². The number of hydrogen-bond donors (Lipinski definition) is 3. The highest BCUT2D eigenvalue weighted by atomic mass is 16.5. The molecule has 18 heavy (non-hydrogen) atoms. The van der Waals surface area contributed by atoms with Gasteiger partial charge in [0.25, 0.3) is 11.5 Å². The lowest BCUT2D eigenvalue weighted by Gasteiger charge is -2.20. The van der Waals surface area contributed by atoms with Gasteiger partial charge in [-0.05, 0) is 19.1 Å². The highest BCUT2D eigenvalue weighted by molar-refractivity contribution is 5.93. The van der Waals surface area contributed by atoms with Crippen molar-refractivity contribution in [3.63, 3.8) is 0 Å². The van der Waals surface area contributed by atoms with Gasteiger partial charge in [0.05, 0.1) is 6.61 Å². The molecule has 3 N–H and O–H groups in total. The van der Waals surface area contributed by atoms with Crippen molar-refractivity contribution in [2.45, 2.75) is 18.9 Å². The monoisotopic (exact) mass is 252 g/mol. The van der Waals surface area contributed by atoms with Gasteiger partial charge in [0.1, 0.15) is 11.2 Å². The fraction of sp³-hybridized carbons (Fsp3) is 0.500. The summed E-state index contributed by atoms with van der Waals surface area (Å²) < 4.78 is 5.07. The Morgan fingerprint density at radius 2 is 2.39 bits per heavy atom. The Morgan fingerprint density at radius 3 is 3.00 bits per heavy atom. The first kappa shape index (κ1) is 12.8. The Kier molecular flexibility index (Phi) is 3.49. The number of carbonyl (C=O) groups excluding carboxylic acids is 1.